The molecule has 0 atom stereocenters. The van der Waals surface area contributed by atoms with Crippen molar-refractivity contribution >= 4 is 17.8 Å². The summed E-state index contributed by atoms with van der Waals surface area (Å²) in [5, 5.41) is 8.84. The Morgan fingerprint density at radius 3 is 2.56 bits per heavy atom. The fourth-order valence-corrected chi connectivity index (χ4v) is 2.76. The molecular weight excluding hydrogens is 429 g/mol. The van der Waals surface area contributed by atoms with Crippen LogP contribution < -0.4 is 10.6 Å². The third kappa shape index (κ3) is 5.20. The Balaban J connectivity index is 2.09. The molecule has 2 amide bonds. The highest BCUT2D eigenvalue weighted by Gasteiger charge is 2.32. The first-order chi connectivity index (χ1) is 15.2. The number of amides is 2. The first-order valence-electron chi connectivity index (χ1n) is 9.52. The zero-order chi connectivity index (χ0) is 23.3. The number of alkyl halides is 3. The van der Waals surface area contributed by atoms with Crippen LogP contribution in [-0.2, 0) is 10.9 Å². The molecule has 0 aromatic carbocycles. The predicted molar refractivity (Wildman–Crippen MR) is 108 cm³/mol. The Kier molecular flexibility index (Phi) is 6.71. The van der Waals surface area contributed by atoms with E-state index < -0.39 is 23.7 Å². The number of hydrogen-bond acceptors (Lipinski definition) is 6. The second kappa shape index (κ2) is 9.45. The molecule has 3 aromatic rings. The minimum absolute atomic E-state index is 0.0910. The van der Waals surface area contributed by atoms with Gasteiger partial charge in [-0.25, -0.2) is 19.3 Å². The fourth-order valence-electron chi connectivity index (χ4n) is 2.76. The molecule has 0 radical (unpaired) electrons. The predicted octanol–water partition coefficient (Wildman–Crippen LogP) is 3.67. The number of rotatable bonds is 6. The van der Waals surface area contributed by atoms with Crippen molar-refractivity contribution < 1.29 is 27.5 Å². The van der Waals surface area contributed by atoms with Crippen molar-refractivity contribution in [1.82, 2.24) is 25.1 Å². The molecule has 3 rings (SSSR count). The lowest BCUT2D eigenvalue weighted by Crippen LogP contribution is -2.28. The molecule has 3 heterocycles. The molecule has 0 saturated heterocycles. The van der Waals surface area contributed by atoms with Gasteiger partial charge in [0.2, 0.25) is 0 Å². The Labute approximate surface area is 180 Å². The number of ether oxygens (including phenoxy) is 1. The number of aromatic nitrogens is 4. The van der Waals surface area contributed by atoms with Gasteiger partial charge >= 0.3 is 18.2 Å². The third-order valence-electron chi connectivity index (χ3n) is 4.18. The van der Waals surface area contributed by atoms with Crippen LogP contribution in [0, 0.1) is 0 Å². The quantitative estimate of drug-likeness (QED) is 0.557. The van der Waals surface area contributed by atoms with Crippen LogP contribution in [0.5, 0.6) is 0 Å². The molecule has 0 aliphatic carbocycles. The maximum Gasteiger partial charge on any atom is 0.419 e. The summed E-state index contributed by atoms with van der Waals surface area (Å²) in [4.78, 5) is 32.1. The Morgan fingerprint density at radius 2 is 1.91 bits per heavy atom. The number of nitrogens with zero attached hydrogens (tertiary/aromatic N) is 4. The molecule has 0 aliphatic rings. The van der Waals surface area contributed by atoms with Gasteiger partial charge in [-0.15, -0.1) is 0 Å². The molecule has 2 N–H and O–H groups in total. The number of halogens is 3. The van der Waals surface area contributed by atoms with Crippen LogP contribution >= 0.6 is 0 Å². The zero-order valence-electron chi connectivity index (χ0n) is 17.1. The van der Waals surface area contributed by atoms with Crippen LogP contribution in [0.4, 0.5) is 23.8 Å². The number of nitrogens with one attached hydrogen (secondary N) is 2. The average Bonchev–Trinajstić information content (AvgIpc) is 3.25. The maximum atomic E-state index is 13.1. The lowest BCUT2D eigenvalue weighted by atomic mass is 10.1. The molecule has 32 heavy (non-hydrogen) atoms. The molecule has 0 bridgehead atoms. The van der Waals surface area contributed by atoms with E-state index in [1.165, 1.54) is 30.7 Å². The minimum Gasteiger partial charge on any atom is -0.462 e. The fraction of sp³-hybridized carbons (Fsp3) is 0.250. The second-order valence-corrected chi connectivity index (χ2v) is 6.43. The van der Waals surface area contributed by atoms with Crippen LogP contribution in [0.1, 0.15) is 29.8 Å². The number of carbonyl (C=O) groups excluding carboxylic acids is 2. The van der Waals surface area contributed by atoms with Gasteiger partial charge in [-0.05, 0) is 19.9 Å². The summed E-state index contributed by atoms with van der Waals surface area (Å²) in [5.74, 6) is -0.502. The summed E-state index contributed by atoms with van der Waals surface area (Å²) in [6.45, 7) is 3.93. The maximum absolute atomic E-state index is 13.1. The summed E-state index contributed by atoms with van der Waals surface area (Å²) in [5.41, 5.74) is 0.131. The molecule has 168 valence electrons. The molecule has 12 heteroatoms. The van der Waals surface area contributed by atoms with Crippen LogP contribution in [0.3, 0.4) is 0 Å². The number of hydrogen-bond donors (Lipinski definition) is 2. The summed E-state index contributed by atoms with van der Waals surface area (Å²) >= 11 is 0. The summed E-state index contributed by atoms with van der Waals surface area (Å²) in [6, 6.07) is 2.33. The van der Waals surface area contributed by atoms with Crippen LogP contribution in [-0.4, -0.2) is 44.9 Å². The van der Waals surface area contributed by atoms with E-state index in [9.17, 15) is 22.8 Å². The molecule has 3 aromatic heterocycles. The monoisotopic (exact) mass is 448 g/mol. The first kappa shape index (κ1) is 22.7. The van der Waals surface area contributed by atoms with E-state index in [-0.39, 0.29) is 23.7 Å². The van der Waals surface area contributed by atoms with E-state index in [1.54, 1.807) is 13.8 Å². The number of carbonyl (C=O) groups is 2. The van der Waals surface area contributed by atoms with Crippen molar-refractivity contribution in [2.45, 2.75) is 20.0 Å². The third-order valence-corrected chi connectivity index (χ3v) is 4.18. The van der Waals surface area contributed by atoms with E-state index in [2.05, 4.69) is 25.7 Å². The highest BCUT2D eigenvalue weighted by molar-refractivity contribution is 5.91. The van der Waals surface area contributed by atoms with Gasteiger partial charge < -0.3 is 10.1 Å². The largest absolute Gasteiger partial charge is 0.462 e. The standard InChI is InChI=1S/C20H19F3N6O3/c1-3-25-19(31)28-17-6-16(29-11-14(9-27-29)20(21,22)23)15(10-26-17)12-5-13(8-24-7-12)18(30)32-4-2/h5-11H,3-4H2,1-2H3,(H2,25,26,28,31). The van der Waals surface area contributed by atoms with Gasteiger partial charge in [0.1, 0.15) is 5.82 Å². The SMILES string of the molecule is CCNC(=O)Nc1cc(-n2cc(C(F)(F)F)cn2)c(-c2cncc(C(=O)OCC)c2)cn1. The summed E-state index contributed by atoms with van der Waals surface area (Å²) in [7, 11) is 0. The molecule has 0 spiro atoms. The number of anilines is 1. The molecule has 0 saturated carbocycles. The second-order valence-electron chi connectivity index (χ2n) is 6.43. The van der Waals surface area contributed by atoms with E-state index in [0.29, 0.717) is 23.9 Å². The smallest absolute Gasteiger partial charge is 0.419 e. The van der Waals surface area contributed by atoms with Crippen molar-refractivity contribution in [3.05, 3.63) is 54.2 Å². The molecular formula is C20H19F3N6O3. The van der Waals surface area contributed by atoms with Gasteiger partial charge in [0, 0.05) is 48.5 Å². The van der Waals surface area contributed by atoms with Crippen LogP contribution in [0.15, 0.2) is 43.1 Å². The lowest BCUT2D eigenvalue weighted by Gasteiger charge is -2.13. The first-order valence-corrected chi connectivity index (χ1v) is 9.52. The highest BCUT2D eigenvalue weighted by Crippen LogP contribution is 2.32. The Morgan fingerprint density at radius 1 is 1.12 bits per heavy atom. The molecule has 9 nitrogen and oxygen atoms in total. The van der Waals surface area contributed by atoms with Crippen molar-refractivity contribution in [3.63, 3.8) is 0 Å². The summed E-state index contributed by atoms with van der Waals surface area (Å²) < 4.78 is 45.3. The minimum atomic E-state index is -4.58. The summed E-state index contributed by atoms with van der Waals surface area (Å²) in [6.07, 6.45) is 1.01. The van der Waals surface area contributed by atoms with E-state index >= 15 is 0 Å². The number of urea groups is 1. The highest BCUT2D eigenvalue weighted by atomic mass is 19.4. The van der Waals surface area contributed by atoms with Gasteiger partial charge in [0.05, 0.1) is 29.6 Å². The molecule has 0 fully saturated rings. The van der Waals surface area contributed by atoms with Gasteiger partial charge in [-0.2, -0.15) is 18.3 Å². The number of pyridine rings is 2. The van der Waals surface area contributed by atoms with E-state index in [0.717, 1.165) is 10.9 Å². The number of esters is 1. The van der Waals surface area contributed by atoms with Crippen LogP contribution in [0.2, 0.25) is 0 Å². The topological polar surface area (TPSA) is 111 Å². The Bertz CT molecular complexity index is 1130. The normalized spacial score (nSPS) is 11.2. The molecule has 0 unspecified atom stereocenters. The lowest BCUT2D eigenvalue weighted by molar-refractivity contribution is -0.137. The van der Waals surface area contributed by atoms with Crippen molar-refractivity contribution in [1.29, 1.82) is 0 Å². The van der Waals surface area contributed by atoms with Gasteiger partial charge in [0.15, 0.2) is 0 Å². The van der Waals surface area contributed by atoms with Crippen molar-refractivity contribution in [3.8, 4) is 16.8 Å². The molecule has 0 aliphatic heterocycles. The van der Waals surface area contributed by atoms with Crippen molar-refractivity contribution in [2.75, 3.05) is 18.5 Å². The van der Waals surface area contributed by atoms with E-state index in [4.69, 9.17) is 4.74 Å². The van der Waals surface area contributed by atoms with Crippen LogP contribution in [0.25, 0.3) is 16.8 Å². The van der Waals surface area contributed by atoms with E-state index in [1.807, 2.05) is 0 Å². The van der Waals surface area contributed by atoms with Gasteiger partial charge in [-0.3, -0.25) is 10.3 Å². The zero-order valence-corrected chi connectivity index (χ0v) is 17.1. The van der Waals surface area contributed by atoms with Crippen molar-refractivity contribution in [2.24, 2.45) is 0 Å². The van der Waals surface area contributed by atoms with Gasteiger partial charge in [-0.1, -0.05) is 0 Å². The van der Waals surface area contributed by atoms with Gasteiger partial charge in [0.25, 0.3) is 0 Å². The Hall–Kier alpha value is -3.96. The average molecular weight is 448 g/mol.